The van der Waals surface area contributed by atoms with Crippen molar-refractivity contribution in [2.75, 3.05) is 0 Å². The Morgan fingerprint density at radius 3 is 3.10 bits per heavy atom. The number of allylic oxidation sites excluding steroid dienone is 2. The molecule has 0 aliphatic carbocycles. The van der Waals surface area contributed by atoms with E-state index in [0.29, 0.717) is 0 Å². The highest BCUT2D eigenvalue weighted by molar-refractivity contribution is 7.10. The fraction of sp³-hybridized carbons (Fsp3) is 0. The van der Waals surface area contributed by atoms with Gasteiger partial charge in [0.15, 0.2) is 0 Å². The molecule has 2 heteroatoms. The van der Waals surface area contributed by atoms with Crippen LogP contribution in [0.15, 0.2) is 29.7 Å². The van der Waals surface area contributed by atoms with Gasteiger partial charge in [0.05, 0.1) is 0 Å². The molecule has 0 radical (unpaired) electrons. The Morgan fingerprint density at radius 2 is 2.50 bits per heavy atom. The molecule has 50 valence electrons. The minimum atomic E-state index is 1.14. The summed E-state index contributed by atoms with van der Waals surface area (Å²) >= 11 is 1.64. The summed E-state index contributed by atoms with van der Waals surface area (Å²) in [6.45, 7) is 0. The van der Waals surface area contributed by atoms with Gasteiger partial charge < -0.3 is 0 Å². The van der Waals surface area contributed by atoms with Gasteiger partial charge in [-0.15, -0.1) is 11.3 Å². The minimum absolute atomic E-state index is 1.14. The molecule has 0 saturated carbocycles. The van der Waals surface area contributed by atoms with Crippen LogP contribution in [0.25, 0.3) is 6.08 Å². The highest BCUT2D eigenvalue weighted by Gasteiger charge is 1.81. The van der Waals surface area contributed by atoms with E-state index in [1.165, 1.54) is 6.08 Å². The quantitative estimate of drug-likeness (QED) is 0.466. The van der Waals surface area contributed by atoms with E-state index >= 15 is 0 Å². The van der Waals surface area contributed by atoms with E-state index in [1.54, 1.807) is 23.4 Å². The van der Waals surface area contributed by atoms with E-state index in [1.807, 2.05) is 23.6 Å². The van der Waals surface area contributed by atoms with Crippen LogP contribution in [0.2, 0.25) is 0 Å². The van der Waals surface area contributed by atoms with Gasteiger partial charge in [-0.2, -0.15) is 0 Å². The van der Waals surface area contributed by atoms with Crippen LogP contribution in [0.5, 0.6) is 0 Å². The van der Waals surface area contributed by atoms with Crippen molar-refractivity contribution in [1.29, 1.82) is 0 Å². The maximum Gasteiger partial charge on any atom is 0.124 e. The minimum Gasteiger partial charge on any atom is -0.234 e. The van der Waals surface area contributed by atoms with Crippen molar-refractivity contribution in [1.82, 2.24) is 0 Å². The van der Waals surface area contributed by atoms with Gasteiger partial charge in [0.2, 0.25) is 0 Å². The van der Waals surface area contributed by atoms with E-state index in [4.69, 9.17) is 0 Å². The standard InChI is InChI=1S/C8H6OS/c9-6-2-1-4-8-5-3-7-10-8/h1-5,7H/b4-1+. The molecule has 0 saturated heterocycles. The second-order valence-electron chi connectivity index (χ2n) is 1.66. The Balaban J connectivity index is 2.63. The summed E-state index contributed by atoms with van der Waals surface area (Å²) < 4.78 is 0. The smallest absolute Gasteiger partial charge is 0.124 e. The lowest BCUT2D eigenvalue weighted by Crippen LogP contribution is -1.53. The molecule has 0 aromatic carbocycles. The zero-order valence-corrected chi connectivity index (χ0v) is 6.10. The van der Waals surface area contributed by atoms with Crippen molar-refractivity contribution in [3.05, 3.63) is 34.5 Å². The van der Waals surface area contributed by atoms with Crippen LogP contribution in [0.3, 0.4) is 0 Å². The van der Waals surface area contributed by atoms with E-state index in [2.05, 4.69) is 0 Å². The topological polar surface area (TPSA) is 17.1 Å². The van der Waals surface area contributed by atoms with Crippen molar-refractivity contribution in [3.8, 4) is 0 Å². The van der Waals surface area contributed by atoms with Gasteiger partial charge >= 0.3 is 0 Å². The summed E-state index contributed by atoms with van der Waals surface area (Å²) in [4.78, 5) is 10.8. The molecule has 0 spiro atoms. The summed E-state index contributed by atoms with van der Waals surface area (Å²) in [5.41, 5.74) is 0. The molecule has 0 unspecified atom stereocenters. The van der Waals surface area contributed by atoms with Crippen LogP contribution >= 0.6 is 11.3 Å². The van der Waals surface area contributed by atoms with Gasteiger partial charge in [0.1, 0.15) is 5.94 Å². The van der Waals surface area contributed by atoms with Crippen LogP contribution < -0.4 is 0 Å². The third-order valence-corrected chi connectivity index (χ3v) is 1.81. The highest BCUT2D eigenvalue weighted by Crippen LogP contribution is 2.09. The molecule has 0 bridgehead atoms. The van der Waals surface area contributed by atoms with Crippen molar-refractivity contribution in [2.24, 2.45) is 0 Å². The zero-order valence-electron chi connectivity index (χ0n) is 5.28. The van der Waals surface area contributed by atoms with Gasteiger partial charge in [0.25, 0.3) is 0 Å². The van der Waals surface area contributed by atoms with Crippen LogP contribution in [0.4, 0.5) is 0 Å². The summed E-state index contributed by atoms with van der Waals surface area (Å²) in [6.07, 6.45) is 4.90. The number of hydrogen-bond donors (Lipinski definition) is 0. The lowest BCUT2D eigenvalue weighted by atomic mass is 10.4. The normalized spacial score (nSPS) is 9.60. The van der Waals surface area contributed by atoms with Crippen LogP contribution in [-0.2, 0) is 4.79 Å². The van der Waals surface area contributed by atoms with E-state index in [-0.39, 0.29) is 0 Å². The summed E-state index contributed by atoms with van der Waals surface area (Å²) in [5, 5.41) is 1.99. The monoisotopic (exact) mass is 150 g/mol. The molecule has 1 aromatic heterocycles. The maximum absolute atomic E-state index is 9.70. The van der Waals surface area contributed by atoms with E-state index in [0.717, 1.165) is 4.88 Å². The Hall–Kier alpha value is -1.11. The fourth-order valence-electron chi connectivity index (χ4n) is 0.568. The first-order chi connectivity index (χ1) is 4.93. The molecule has 1 rings (SSSR count). The summed E-state index contributed by atoms with van der Waals surface area (Å²) in [6, 6.07) is 3.95. The van der Waals surface area contributed by atoms with Gasteiger partial charge in [0, 0.05) is 11.0 Å². The molecular formula is C8H6OS. The Labute approximate surface area is 63.3 Å². The molecule has 0 N–H and O–H groups in total. The van der Waals surface area contributed by atoms with Crippen molar-refractivity contribution in [3.63, 3.8) is 0 Å². The second-order valence-corrected chi connectivity index (χ2v) is 2.64. The fourth-order valence-corrected chi connectivity index (χ4v) is 1.20. The molecule has 1 heterocycles. The molecule has 10 heavy (non-hydrogen) atoms. The summed E-state index contributed by atoms with van der Waals surface area (Å²) in [5.74, 6) is 1.67. The van der Waals surface area contributed by atoms with Gasteiger partial charge in [-0.05, 0) is 23.6 Å². The number of hydrogen-bond acceptors (Lipinski definition) is 2. The lowest BCUT2D eigenvalue weighted by molar-refractivity contribution is 0.569. The third-order valence-electron chi connectivity index (χ3n) is 0.968. The van der Waals surface area contributed by atoms with Gasteiger partial charge in [-0.25, -0.2) is 4.79 Å². The molecular weight excluding hydrogens is 144 g/mol. The van der Waals surface area contributed by atoms with Crippen LogP contribution in [0.1, 0.15) is 4.88 Å². The average molecular weight is 150 g/mol. The molecule has 1 aromatic rings. The van der Waals surface area contributed by atoms with E-state index < -0.39 is 0 Å². The average Bonchev–Trinajstić information content (AvgIpc) is 2.41. The third kappa shape index (κ3) is 2.02. The predicted octanol–water partition coefficient (Wildman–Crippen LogP) is 2.15. The highest BCUT2D eigenvalue weighted by atomic mass is 32.1. The van der Waals surface area contributed by atoms with Crippen molar-refractivity contribution >= 4 is 23.4 Å². The van der Waals surface area contributed by atoms with Crippen LogP contribution in [0, 0.1) is 0 Å². The number of rotatable bonds is 2. The van der Waals surface area contributed by atoms with Crippen molar-refractivity contribution < 1.29 is 4.79 Å². The Bertz CT molecular complexity index is 253. The number of carbonyl (C=O) groups excluding carboxylic acids is 1. The zero-order chi connectivity index (χ0) is 7.23. The van der Waals surface area contributed by atoms with Gasteiger partial charge in [-0.3, -0.25) is 0 Å². The molecule has 0 fully saturated rings. The maximum atomic E-state index is 9.70. The largest absolute Gasteiger partial charge is 0.234 e. The molecule has 0 amide bonds. The molecule has 0 aliphatic rings. The molecule has 1 nitrogen and oxygen atoms in total. The SMILES string of the molecule is O=C=C/C=C/c1cccs1. The van der Waals surface area contributed by atoms with Gasteiger partial charge in [-0.1, -0.05) is 6.07 Å². The predicted molar refractivity (Wildman–Crippen MR) is 43.6 cm³/mol. The molecule has 0 aliphatic heterocycles. The van der Waals surface area contributed by atoms with E-state index in [9.17, 15) is 4.79 Å². The molecule has 0 atom stereocenters. The first kappa shape index (κ1) is 7.00. The van der Waals surface area contributed by atoms with Crippen LogP contribution in [-0.4, -0.2) is 5.94 Å². The Morgan fingerprint density at radius 1 is 1.60 bits per heavy atom. The number of thiophene rings is 1. The second kappa shape index (κ2) is 3.83. The van der Waals surface area contributed by atoms with Crippen molar-refractivity contribution in [2.45, 2.75) is 0 Å². The Kier molecular flexibility index (Phi) is 2.68. The summed E-state index contributed by atoms with van der Waals surface area (Å²) in [7, 11) is 0. The first-order valence-corrected chi connectivity index (χ1v) is 3.72. The lowest BCUT2D eigenvalue weighted by Gasteiger charge is -1.75. The first-order valence-electron chi connectivity index (χ1n) is 2.84.